The largest absolute Gasteiger partial charge is 0.478 e. The topological polar surface area (TPSA) is 54.4 Å². The second-order valence-corrected chi connectivity index (χ2v) is 4.77. The molecule has 21 heavy (non-hydrogen) atoms. The summed E-state index contributed by atoms with van der Waals surface area (Å²) < 4.78 is 37.8. The fourth-order valence-corrected chi connectivity index (χ4v) is 2.15. The monoisotopic (exact) mass is 302 g/mol. The van der Waals surface area contributed by atoms with Gasteiger partial charge < -0.3 is 5.11 Å². The van der Waals surface area contributed by atoms with E-state index in [1.807, 2.05) is 6.92 Å². The number of carboxylic acids is 1. The molecule has 0 saturated carbocycles. The molecule has 3 nitrogen and oxygen atoms in total. The lowest BCUT2D eigenvalue weighted by Crippen LogP contribution is -2.25. The van der Waals surface area contributed by atoms with Gasteiger partial charge in [0.15, 0.2) is 0 Å². The van der Waals surface area contributed by atoms with Crippen molar-refractivity contribution in [3.63, 3.8) is 0 Å². The maximum absolute atomic E-state index is 12.6. The van der Waals surface area contributed by atoms with Crippen molar-refractivity contribution in [1.82, 2.24) is 0 Å². The average Bonchev–Trinajstić information content (AvgIpc) is 2.41. The van der Waals surface area contributed by atoms with Crippen LogP contribution in [0.1, 0.15) is 58.9 Å². The number of unbranched alkanes of at least 4 members (excludes halogenated alkanes) is 3. The number of carbonyl (C=O) groups excluding carboxylic acids is 1. The van der Waals surface area contributed by atoms with Crippen molar-refractivity contribution in [3.8, 4) is 0 Å². The van der Waals surface area contributed by atoms with Crippen LogP contribution in [0.5, 0.6) is 0 Å². The first-order valence-corrected chi connectivity index (χ1v) is 6.75. The van der Waals surface area contributed by atoms with E-state index in [4.69, 9.17) is 5.11 Å². The van der Waals surface area contributed by atoms with Crippen LogP contribution >= 0.6 is 0 Å². The number of carbonyl (C=O) groups is 2. The van der Waals surface area contributed by atoms with E-state index in [1.54, 1.807) is 0 Å². The van der Waals surface area contributed by atoms with Gasteiger partial charge in [-0.05, 0) is 24.5 Å². The second kappa shape index (κ2) is 7.24. The third-order valence-electron chi connectivity index (χ3n) is 3.19. The number of ketones is 1. The average molecular weight is 302 g/mol. The lowest BCUT2D eigenvalue weighted by Gasteiger charge is -2.13. The number of aromatic carboxylic acids is 1. The van der Waals surface area contributed by atoms with Crippen molar-refractivity contribution in [1.29, 1.82) is 0 Å². The van der Waals surface area contributed by atoms with E-state index in [9.17, 15) is 22.8 Å². The van der Waals surface area contributed by atoms with Gasteiger partial charge in [-0.15, -0.1) is 0 Å². The molecule has 1 N–H and O–H groups in total. The Morgan fingerprint density at radius 1 is 1.10 bits per heavy atom. The zero-order valence-corrected chi connectivity index (χ0v) is 11.7. The summed E-state index contributed by atoms with van der Waals surface area (Å²) in [5.41, 5.74) is -0.816. The molecule has 0 radical (unpaired) electrons. The van der Waals surface area contributed by atoms with Gasteiger partial charge in [0.05, 0.1) is 5.56 Å². The number of alkyl halides is 3. The van der Waals surface area contributed by atoms with Gasteiger partial charge in [0.25, 0.3) is 5.78 Å². The summed E-state index contributed by atoms with van der Waals surface area (Å²) >= 11 is 0. The zero-order valence-electron chi connectivity index (χ0n) is 11.7. The number of Topliss-reactive ketones (excluding diaryl/α,β-unsaturated/α-hetero) is 1. The SMILES string of the molecule is CCCCCCc1c(C(=O)O)cccc1C(=O)C(F)(F)F. The van der Waals surface area contributed by atoms with Crippen LogP contribution < -0.4 is 0 Å². The molecule has 0 spiro atoms. The van der Waals surface area contributed by atoms with Gasteiger partial charge in [0.2, 0.25) is 0 Å². The third kappa shape index (κ3) is 4.58. The molecule has 0 bridgehead atoms. The van der Waals surface area contributed by atoms with Gasteiger partial charge in [0.1, 0.15) is 0 Å². The predicted octanol–water partition coefficient (Wildman–Crippen LogP) is 4.25. The maximum Gasteiger partial charge on any atom is 0.454 e. The summed E-state index contributed by atoms with van der Waals surface area (Å²) in [6.45, 7) is 1.99. The minimum atomic E-state index is -5.00. The molecule has 0 aliphatic carbocycles. The predicted molar refractivity (Wildman–Crippen MR) is 71.6 cm³/mol. The van der Waals surface area contributed by atoms with Crippen LogP contribution in [-0.4, -0.2) is 23.0 Å². The van der Waals surface area contributed by atoms with Crippen LogP contribution in [-0.2, 0) is 6.42 Å². The summed E-state index contributed by atoms with van der Waals surface area (Å²) in [5.74, 6) is -3.31. The van der Waals surface area contributed by atoms with Crippen LogP contribution in [0.3, 0.4) is 0 Å². The van der Waals surface area contributed by atoms with Gasteiger partial charge in [-0.3, -0.25) is 4.79 Å². The smallest absolute Gasteiger partial charge is 0.454 e. The molecule has 0 aliphatic heterocycles. The summed E-state index contributed by atoms with van der Waals surface area (Å²) in [4.78, 5) is 22.6. The number of halogens is 3. The van der Waals surface area contributed by atoms with E-state index in [0.29, 0.717) is 6.42 Å². The number of hydrogen-bond donors (Lipinski definition) is 1. The maximum atomic E-state index is 12.6. The molecular formula is C15H17F3O3. The molecule has 1 aromatic rings. The normalized spacial score (nSPS) is 11.4. The first kappa shape index (κ1) is 17.2. The van der Waals surface area contributed by atoms with Crippen LogP contribution in [0.2, 0.25) is 0 Å². The van der Waals surface area contributed by atoms with Gasteiger partial charge in [0, 0.05) is 5.56 Å². The van der Waals surface area contributed by atoms with E-state index in [0.717, 1.165) is 31.4 Å². The minimum absolute atomic E-state index is 0.0246. The number of carboxylic acid groups (broad SMARTS) is 1. The van der Waals surface area contributed by atoms with Crippen molar-refractivity contribution in [2.45, 2.75) is 45.2 Å². The standard InChI is InChI=1S/C15H17F3O3/c1-2-3-4-5-7-10-11(13(19)15(16,17)18)8-6-9-12(10)14(20)21/h6,8-9H,2-5,7H2,1H3,(H,20,21). The number of hydrogen-bond acceptors (Lipinski definition) is 2. The van der Waals surface area contributed by atoms with Crippen molar-refractivity contribution < 1.29 is 27.9 Å². The summed E-state index contributed by atoms with van der Waals surface area (Å²) in [6.07, 6.45) is -1.65. The van der Waals surface area contributed by atoms with Gasteiger partial charge in [-0.1, -0.05) is 38.3 Å². The highest BCUT2D eigenvalue weighted by molar-refractivity contribution is 6.04. The van der Waals surface area contributed by atoms with Crippen LogP contribution in [0, 0.1) is 0 Å². The van der Waals surface area contributed by atoms with Crippen molar-refractivity contribution in [2.75, 3.05) is 0 Å². The van der Waals surface area contributed by atoms with Gasteiger partial charge in [-0.2, -0.15) is 13.2 Å². The lowest BCUT2D eigenvalue weighted by atomic mass is 9.93. The Morgan fingerprint density at radius 2 is 1.71 bits per heavy atom. The summed E-state index contributed by atoms with van der Waals surface area (Å²) in [6, 6.07) is 3.43. The second-order valence-electron chi connectivity index (χ2n) is 4.77. The highest BCUT2D eigenvalue weighted by atomic mass is 19.4. The lowest BCUT2D eigenvalue weighted by molar-refractivity contribution is -0.0885. The van der Waals surface area contributed by atoms with Crippen LogP contribution in [0.15, 0.2) is 18.2 Å². The molecule has 0 amide bonds. The quantitative estimate of drug-likeness (QED) is 0.605. The fraction of sp³-hybridized carbons (Fsp3) is 0.467. The number of benzene rings is 1. The van der Waals surface area contributed by atoms with E-state index in [1.165, 1.54) is 6.07 Å². The summed E-state index contributed by atoms with van der Waals surface area (Å²) in [7, 11) is 0. The van der Waals surface area contributed by atoms with Gasteiger partial charge >= 0.3 is 12.1 Å². The Hall–Kier alpha value is -1.85. The van der Waals surface area contributed by atoms with Crippen molar-refractivity contribution >= 4 is 11.8 Å². The Morgan fingerprint density at radius 3 is 2.24 bits per heavy atom. The molecule has 0 heterocycles. The van der Waals surface area contributed by atoms with E-state index < -0.39 is 23.5 Å². The van der Waals surface area contributed by atoms with Crippen molar-refractivity contribution in [2.24, 2.45) is 0 Å². The molecule has 1 rings (SSSR count). The Balaban J connectivity index is 3.15. The first-order chi connectivity index (χ1) is 9.79. The highest BCUT2D eigenvalue weighted by Crippen LogP contribution is 2.26. The van der Waals surface area contributed by atoms with Crippen LogP contribution in [0.25, 0.3) is 0 Å². The Bertz CT molecular complexity index is 521. The van der Waals surface area contributed by atoms with Gasteiger partial charge in [-0.25, -0.2) is 4.79 Å². The zero-order chi connectivity index (χ0) is 16.0. The molecule has 0 aromatic heterocycles. The Labute approximate surface area is 120 Å². The molecule has 0 aliphatic rings. The molecule has 116 valence electrons. The molecule has 6 heteroatoms. The fourth-order valence-electron chi connectivity index (χ4n) is 2.15. The molecular weight excluding hydrogens is 285 g/mol. The first-order valence-electron chi connectivity index (χ1n) is 6.75. The summed E-state index contributed by atoms with van der Waals surface area (Å²) in [5, 5.41) is 9.08. The van der Waals surface area contributed by atoms with E-state index in [-0.39, 0.29) is 17.5 Å². The molecule has 0 atom stereocenters. The van der Waals surface area contributed by atoms with E-state index >= 15 is 0 Å². The van der Waals surface area contributed by atoms with Crippen molar-refractivity contribution in [3.05, 3.63) is 34.9 Å². The van der Waals surface area contributed by atoms with Crippen LogP contribution in [0.4, 0.5) is 13.2 Å². The molecule has 1 aromatic carbocycles. The molecule has 0 unspecified atom stereocenters. The highest BCUT2D eigenvalue weighted by Gasteiger charge is 2.40. The third-order valence-corrected chi connectivity index (χ3v) is 3.19. The number of rotatable bonds is 7. The molecule has 0 saturated heterocycles. The minimum Gasteiger partial charge on any atom is -0.478 e. The van der Waals surface area contributed by atoms with E-state index in [2.05, 4.69) is 0 Å². The Kier molecular flexibility index (Phi) is 5.93. The molecule has 0 fully saturated rings.